The minimum Gasteiger partial charge on any atom is -0.497 e. The van der Waals surface area contributed by atoms with E-state index in [1.165, 1.54) is 18.5 Å². The Morgan fingerprint density at radius 1 is 1.27 bits per heavy atom. The standard InChI is InChI=1S/C14H20ClNO5S/c1-10-7-12(20-4)8-11(2)14(10)22(18,19)16(3)5-6-21-9-13(15)17/h7-8H,5-6,9H2,1-4H3. The van der Waals surface area contributed by atoms with Crippen LogP contribution in [0.15, 0.2) is 17.0 Å². The van der Waals surface area contributed by atoms with Gasteiger partial charge in [0.2, 0.25) is 15.3 Å². The zero-order valence-corrected chi connectivity index (χ0v) is 14.6. The van der Waals surface area contributed by atoms with E-state index in [-0.39, 0.29) is 24.7 Å². The molecule has 0 saturated heterocycles. The van der Waals surface area contributed by atoms with E-state index in [2.05, 4.69) is 0 Å². The van der Waals surface area contributed by atoms with Crippen molar-refractivity contribution in [1.82, 2.24) is 4.31 Å². The fraction of sp³-hybridized carbons (Fsp3) is 0.500. The summed E-state index contributed by atoms with van der Waals surface area (Å²) in [6, 6.07) is 3.35. The van der Waals surface area contributed by atoms with Crippen molar-refractivity contribution in [2.75, 3.05) is 33.9 Å². The highest BCUT2D eigenvalue weighted by Gasteiger charge is 2.25. The van der Waals surface area contributed by atoms with E-state index in [4.69, 9.17) is 21.1 Å². The van der Waals surface area contributed by atoms with E-state index < -0.39 is 15.3 Å². The highest BCUT2D eigenvalue weighted by molar-refractivity contribution is 7.89. The molecular formula is C14H20ClNO5S. The summed E-state index contributed by atoms with van der Waals surface area (Å²) in [5.41, 5.74) is 1.22. The smallest absolute Gasteiger partial charge is 0.247 e. The number of aryl methyl sites for hydroxylation is 2. The zero-order chi connectivity index (χ0) is 16.9. The topological polar surface area (TPSA) is 72.9 Å². The third-order valence-electron chi connectivity index (χ3n) is 3.10. The van der Waals surface area contributed by atoms with Gasteiger partial charge in [0, 0.05) is 13.6 Å². The molecule has 0 amide bonds. The number of sulfonamides is 1. The lowest BCUT2D eigenvalue weighted by Gasteiger charge is -2.20. The first-order valence-corrected chi connectivity index (χ1v) is 8.39. The van der Waals surface area contributed by atoms with Crippen LogP contribution in [0.1, 0.15) is 11.1 Å². The highest BCUT2D eigenvalue weighted by atomic mass is 35.5. The first-order valence-electron chi connectivity index (χ1n) is 6.57. The molecule has 0 fully saturated rings. The van der Waals surface area contributed by atoms with Crippen molar-refractivity contribution in [3.8, 4) is 5.75 Å². The van der Waals surface area contributed by atoms with E-state index in [0.29, 0.717) is 16.9 Å². The summed E-state index contributed by atoms with van der Waals surface area (Å²) in [7, 11) is -0.652. The van der Waals surface area contributed by atoms with Gasteiger partial charge in [-0.3, -0.25) is 4.79 Å². The van der Waals surface area contributed by atoms with Gasteiger partial charge in [-0.05, 0) is 48.7 Å². The summed E-state index contributed by atoms with van der Waals surface area (Å²) < 4.78 is 36.6. The second-order valence-corrected chi connectivity index (χ2v) is 7.23. The van der Waals surface area contributed by atoms with Crippen molar-refractivity contribution in [1.29, 1.82) is 0 Å². The Bertz CT molecular complexity index is 622. The number of halogens is 1. The van der Waals surface area contributed by atoms with Gasteiger partial charge in [0.1, 0.15) is 12.4 Å². The van der Waals surface area contributed by atoms with E-state index in [1.54, 1.807) is 26.0 Å². The molecule has 1 rings (SSSR count). The molecule has 124 valence electrons. The van der Waals surface area contributed by atoms with Gasteiger partial charge in [0.05, 0.1) is 18.6 Å². The Labute approximate surface area is 136 Å². The first-order chi connectivity index (χ1) is 10.2. The molecular weight excluding hydrogens is 330 g/mol. The lowest BCUT2D eigenvalue weighted by atomic mass is 10.1. The van der Waals surface area contributed by atoms with Crippen LogP contribution in [0.2, 0.25) is 0 Å². The molecule has 0 aliphatic rings. The molecule has 22 heavy (non-hydrogen) atoms. The number of rotatable bonds is 8. The molecule has 0 aliphatic heterocycles. The summed E-state index contributed by atoms with van der Waals surface area (Å²) in [5.74, 6) is 0.612. The molecule has 1 aromatic rings. The monoisotopic (exact) mass is 349 g/mol. The van der Waals surface area contributed by atoms with Crippen molar-refractivity contribution in [3.63, 3.8) is 0 Å². The van der Waals surface area contributed by atoms with Crippen molar-refractivity contribution < 1.29 is 22.7 Å². The van der Waals surface area contributed by atoms with Gasteiger partial charge in [-0.25, -0.2) is 8.42 Å². The van der Waals surface area contributed by atoms with E-state index in [0.717, 1.165) is 0 Å². The molecule has 0 heterocycles. The second kappa shape index (κ2) is 7.92. The van der Waals surface area contributed by atoms with Gasteiger partial charge < -0.3 is 9.47 Å². The van der Waals surface area contributed by atoms with Crippen LogP contribution in [-0.2, 0) is 19.6 Å². The molecule has 1 aromatic carbocycles. The fourth-order valence-electron chi connectivity index (χ4n) is 2.06. The average molecular weight is 350 g/mol. The van der Waals surface area contributed by atoms with Gasteiger partial charge in [-0.15, -0.1) is 0 Å². The van der Waals surface area contributed by atoms with E-state index in [9.17, 15) is 13.2 Å². The minimum atomic E-state index is -3.65. The third-order valence-corrected chi connectivity index (χ3v) is 5.38. The summed E-state index contributed by atoms with van der Waals surface area (Å²) in [6.07, 6.45) is 0. The molecule has 0 bridgehead atoms. The van der Waals surface area contributed by atoms with Crippen molar-refractivity contribution in [3.05, 3.63) is 23.3 Å². The Hall–Kier alpha value is -1.15. The molecule has 0 unspecified atom stereocenters. The van der Waals surface area contributed by atoms with Crippen LogP contribution >= 0.6 is 11.6 Å². The van der Waals surface area contributed by atoms with Crippen LogP contribution in [0.25, 0.3) is 0 Å². The number of carbonyl (C=O) groups excluding carboxylic acids is 1. The van der Waals surface area contributed by atoms with Crippen molar-refractivity contribution in [2.45, 2.75) is 18.7 Å². The third kappa shape index (κ3) is 4.67. The maximum Gasteiger partial charge on any atom is 0.247 e. The van der Waals surface area contributed by atoms with Gasteiger partial charge in [0.15, 0.2) is 0 Å². The molecule has 0 atom stereocenters. The van der Waals surface area contributed by atoms with Crippen LogP contribution in [0.5, 0.6) is 5.75 Å². The highest BCUT2D eigenvalue weighted by Crippen LogP contribution is 2.27. The van der Waals surface area contributed by atoms with Crippen LogP contribution in [0, 0.1) is 13.8 Å². The van der Waals surface area contributed by atoms with Crippen LogP contribution < -0.4 is 4.74 Å². The molecule has 0 aliphatic carbocycles. The molecule has 0 N–H and O–H groups in total. The van der Waals surface area contributed by atoms with Gasteiger partial charge in [0.25, 0.3) is 0 Å². The normalized spacial score (nSPS) is 11.7. The van der Waals surface area contributed by atoms with Crippen LogP contribution in [-0.4, -0.2) is 51.9 Å². The second-order valence-electron chi connectivity index (χ2n) is 4.82. The summed E-state index contributed by atoms with van der Waals surface area (Å²) in [4.78, 5) is 10.8. The summed E-state index contributed by atoms with van der Waals surface area (Å²) in [6.45, 7) is 3.41. The minimum absolute atomic E-state index is 0.0858. The SMILES string of the molecule is COc1cc(C)c(S(=O)(=O)N(C)CCOCC(=O)Cl)c(C)c1. The number of hydrogen-bond donors (Lipinski definition) is 0. The fourth-order valence-corrected chi connectivity index (χ4v) is 3.69. The Balaban J connectivity index is 2.92. The van der Waals surface area contributed by atoms with Crippen molar-refractivity contribution >= 4 is 26.9 Å². The molecule has 0 saturated carbocycles. The number of benzene rings is 1. The number of methoxy groups -OCH3 is 1. The molecule has 0 aromatic heterocycles. The summed E-state index contributed by atoms with van der Waals surface area (Å²) >= 11 is 5.14. The van der Waals surface area contributed by atoms with Gasteiger partial charge in [-0.1, -0.05) is 0 Å². The molecule has 0 radical (unpaired) electrons. The molecule has 8 heteroatoms. The summed E-state index contributed by atoms with van der Waals surface area (Å²) in [5, 5.41) is -0.618. The Morgan fingerprint density at radius 2 is 1.82 bits per heavy atom. The lowest BCUT2D eigenvalue weighted by molar-refractivity contribution is -0.115. The zero-order valence-electron chi connectivity index (χ0n) is 13.1. The first kappa shape index (κ1) is 18.9. The van der Waals surface area contributed by atoms with E-state index >= 15 is 0 Å². The number of nitrogens with zero attached hydrogens (tertiary/aromatic N) is 1. The number of ether oxygens (including phenoxy) is 2. The largest absolute Gasteiger partial charge is 0.497 e. The van der Waals surface area contributed by atoms with Crippen LogP contribution in [0.3, 0.4) is 0 Å². The van der Waals surface area contributed by atoms with Gasteiger partial charge >= 0.3 is 0 Å². The molecule has 6 nitrogen and oxygen atoms in total. The maximum atomic E-state index is 12.6. The number of hydrogen-bond acceptors (Lipinski definition) is 5. The average Bonchev–Trinajstić information content (AvgIpc) is 2.41. The number of carbonyl (C=O) groups is 1. The van der Waals surface area contributed by atoms with E-state index in [1.807, 2.05) is 0 Å². The van der Waals surface area contributed by atoms with Crippen LogP contribution in [0.4, 0.5) is 0 Å². The van der Waals surface area contributed by atoms with Crippen molar-refractivity contribution in [2.24, 2.45) is 0 Å². The quantitative estimate of drug-likeness (QED) is 0.527. The lowest BCUT2D eigenvalue weighted by Crippen LogP contribution is -2.31. The number of likely N-dealkylation sites (N-methyl/N-ethyl adjacent to an activating group) is 1. The Kier molecular flexibility index (Phi) is 6.80. The predicted molar refractivity (Wildman–Crippen MR) is 84.0 cm³/mol. The predicted octanol–water partition coefficient (Wildman–Crippen LogP) is 1.71. The maximum absolute atomic E-state index is 12.6. The van der Waals surface area contributed by atoms with Gasteiger partial charge in [-0.2, -0.15) is 4.31 Å². The Morgan fingerprint density at radius 3 is 2.27 bits per heavy atom. The molecule has 0 spiro atoms.